The average molecular weight is 1110 g/mol. The van der Waals surface area contributed by atoms with Gasteiger partial charge in [0, 0.05) is 83.0 Å². The first-order valence-electron chi connectivity index (χ1n) is 28.3. The fourth-order valence-corrected chi connectivity index (χ4v) is 13.8. The Balaban J connectivity index is 0.607. The number of hydrogen-bond donors (Lipinski definition) is 4. The van der Waals surface area contributed by atoms with Crippen LogP contribution in [0.15, 0.2) is 70.7 Å². The summed E-state index contributed by atoms with van der Waals surface area (Å²) in [6.45, 7) is 13.4. The van der Waals surface area contributed by atoms with Gasteiger partial charge in [0.05, 0.1) is 64.0 Å². The number of aliphatic hydroxyl groups excluding tert-OH is 1. The normalized spacial score (nSPS) is 24.9. The summed E-state index contributed by atoms with van der Waals surface area (Å²) < 4.78 is 48.9. The third kappa shape index (κ3) is 12.1. The Morgan fingerprint density at radius 2 is 1.65 bits per heavy atom. The lowest BCUT2D eigenvalue weighted by Crippen LogP contribution is -2.65. The van der Waals surface area contributed by atoms with Gasteiger partial charge >= 0.3 is 6.11 Å². The van der Waals surface area contributed by atoms with Gasteiger partial charge in [-0.15, -0.1) is 21.5 Å². The zero-order chi connectivity index (χ0) is 55.2. The van der Waals surface area contributed by atoms with Crippen LogP contribution in [0, 0.1) is 18.8 Å². The van der Waals surface area contributed by atoms with Crippen LogP contribution in [0.2, 0.25) is 0 Å². The monoisotopic (exact) mass is 1110 g/mol. The number of likely N-dealkylation sites (tertiary alicyclic amines) is 2. The average Bonchev–Trinajstić information content (AvgIpc) is 4.31. The first kappa shape index (κ1) is 55.1. The molecule has 5 aromatic rings. The van der Waals surface area contributed by atoms with Crippen LogP contribution in [0.4, 0.5) is 26.1 Å². The van der Waals surface area contributed by atoms with Crippen molar-refractivity contribution in [2.75, 3.05) is 81.0 Å². The third-order valence-electron chi connectivity index (χ3n) is 17.6. The molecule has 0 bridgehead atoms. The highest BCUT2D eigenvalue weighted by Crippen LogP contribution is 2.44. The summed E-state index contributed by atoms with van der Waals surface area (Å²) in [7, 11) is 0. The first-order chi connectivity index (χ1) is 38.0. The molecule has 18 nitrogen and oxygen atoms in total. The molecule has 79 heavy (non-hydrogen) atoms. The molecule has 1 saturated carbocycles. The molecule has 11 rings (SSSR count). The Labute approximate surface area is 464 Å². The molecule has 21 heteroatoms. The Hall–Kier alpha value is -5.84. The zero-order valence-corrected chi connectivity index (χ0v) is 46.5. The Bertz CT molecular complexity index is 2910. The minimum Gasteiger partial charge on any atom is -0.507 e. The number of nitrogens with one attached hydrogen (secondary N) is 1. The maximum atomic E-state index is 15.4. The number of hydrogen-bond acceptors (Lipinski definition) is 17. The lowest BCUT2D eigenvalue weighted by Gasteiger charge is -2.54. The molecular formula is C58H75F2N11O7S. The van der Waals surface area contributed by atoms with Gasteiger partial charge in [-0.25, -0.2) is 4.98 Å². The van der Waals surface area contributed by atoms with Crippen molar-refractivity contribution in [3.8, 4) is 27.4 Å². The summed E-state index contributed by atoms with van der Waals surface area (Å²) in [6, 6.07) is 17.5. The van der Waals surface area contributed by atoms with Crippen LogP contribution in [-0.4, -0.2) is 165 Å². The van der Waals surface area contributed by atoms with Gasteiger partial charge in [-0.1, -0.05) is 55.4 Å². The highest BCUT2D eigenvalue weighted by Gasteiger charge is 2.54. The lowest BCUT2D eigenvalue weighted by atomic mass is 9.83. The molecule has 2 aromatic carbocycles. The molecule has 424 valence electrons. The number of morpholine rings is 1. The number of halogens is 2. The number of benzene rings is 2. The van der Waals surface area contributed by atoms with Crippen molar-refractivity contribution < 1.29 is 42.6 Å². The Morgan fingerprint density at radius 3 is 2.34 bits per heavy atom. The molecule has 1 spiro atoms. The molecule has 3 aromatic heterocycles. The van der Waals surface area contributed by atoms with E-state index in [0.29, 0.717) is 66.9 Å². The number of carbonyl (C=O) groups excluding carboxylic acids is 2. The van der Waals surface area contributed by atoms with Crippen LogP contribution < -0.4 is 20.9 Å². The molecule has 6 aliphatic rings. The second kappa shape index (κ2) is 23.0. The number of phenols is 1. The Morgan fingerprint density at radius 1 is 0.911 bits per heavy atom. The molecule has 4 atom stereocenters. The van der Waals surface area contributed by atoms with Crippen molar-refractivity contribution >= 4 is 40.5 Å². The number of ether oxygens (including phenoxy) is 2. The van der Waals surface area contributed by atoms with E-state index in [9.17, 15) is 19.8 Å². The maximum Gasteiger partial charge on any atom is 0.368 e. The van der Waals surface area contributed by atoms with Gasteiger partial charge in [0.1, 0.15) is 17.7 Å². The van der Waals surface area contributed by atoms with E-state index in [-0.39, 0.29) is 66.6 Å². The van der Waals surface area contributed by atoms with Gasteiger partial charge < -0.3 is 54.9 Å². The van der Waals surface area contributed by atoms with Crippen LogP contribution in [-0.2, 0) is 19.1 Å². The molecule has 0 unspecified atom stereocenters. The van der Waals surface area contributed by atoms with Crippen LogP contribution in [0.1, 0.15) is 108 Å². The van der Waals surface area contributed by atoms with Crippen molar-refractivity contribution in [1.29, 1.82) is 0 Å². The SMILES string of the molecule is Cc1ncsc1-c1ccc([C@H](C)NC(=O)[C@@H]2C[C@@H](O)CN2C(=O)[C@@H](c2cc(N3CCC(CN4CCC(OC5CC(N6CC(F)(F)OC7(CCN(c8cc(-c9ccccc9O)nnc8N)CC7)C6)C5)CC4)CC3)no2)C(C)C)cc1. The van der Waals surface area contributed by atoms with Crippen LogP contribution in [0.25, 0.3) is 21.7 Å². The van der Waals surface area contributed by atoms with E-state index in [1.807, 2.05) is 79.4 Å². The molecule has 5 saturated heterocycles. The highest BCUT2D eigenvalue weighted by molar-refractivity contribution is 7.13. The number of piperidine rings is 3. The smallest absolute Gasteiger partial charge is 0.368 e. The predicted molar refractivity (Wildman–Crippen MR) is 297 cm³/mol. The van der Waals surface area contributed by atoms with Crippen molar-refractivity contribution in [3.05, 3.63) is 83.2 Å². The number of thiazole rings is 1. The molecule has 1 aliphatic carbocycles. The van der Waals surface area contributed by atoms with E-state index < -0.39 is 36.3 Å². The highest BCUT2D eigenvalue weighted by atomic mass is 32.1. The number of aliphatic hydroxyl groups is 1. The molecule has 2 amide bonds. The number of aryl methyl sites for hydroxylation is 1. The number of β-amino-alcohol motifs (C(OH)–C–C–N with tert-alkyl or cyclic N) is 1. The maximum absolute atomic E-state index is 15.4. The van der Waals surface area contributed by atoms with Gasteiger partial charge in [0.25, 0.3) is 0 Å². The van der Waals surface area contributed by atoms with Gasteiger partial charge in [-0.05, 0) is 106 Å². The van der Waals surface area contributed by atoms with Crippen molar-refractivity contribution in [1.82, 2.24) is 40.4 Å². The summed E-state index contributed by atoms with van der Waals surface area (Å²) in [5, 5.41) is 37.1. The van der Waals surface area contributed by atoms with E-state index in [4.69, 9.17) is 19.7 Å². The Kier molecular flexibility index (Phi) is 16.0. The number of nitrogens with two attached hydrogens (primary N) is 1. The lowest BCUT2D eigenvalue weighted by molar-refractivity contribution is -0.341. The number of rotatable bonds is 15. The minimum absolute atomic E-state index is 0.0205. The fourth-order valence-electron chi connectivity index (χ4n) is 13.0. The quantitative estimate of drug-likeness (QED) is 0.0794. The molecule has 6 fully saturated rings. The van der Waals surface area contributed by atoms with E-state index in [1.165, 1.54) is 4.90 Å². The van der Waals surface area contributed by atoms with Gasteiger partial charge in [-0.2, -0.15) is 8.78 Å². The van der Waals surface area contributed by atoms with E-state index >= 15 is 8.78 Å². The van der Waals surface area contributed by atoms with Gasteiger partial charge in [0.15, 0.2) is 17.4 Å². The third-order valence-corrected chi connectivity index (χ3v) is 18.6. The summed E-state index contributed by atoms with van der Waals surface area (Å²) in [5.74, 6) is 0.652. The topological polar surface area (TPSA) is 212 Å². The number of nitrogens with zero attached hydrogens (tertiary/aromatic N) is 9. The standard InChI is InChI=1S/C58H75F2N11O7S/c1-35(2)52(56(75)71-31-42(72)27-48(71)55(74)63-36(3)39-9-11-40(12-10-39)53-37(4)62-34-79-53)50-29-51(66-77-50)69-21-13-38(14-22-69)30-67-19-15-43(16-20-67)76-44-25-41(26-44)70-32-57(78-58(59,60)33-70)17-23-68(24-18-57)47-28-46(64-65-54(47)61)45-7-5-6-8-49(45)73/h5-12,28-29,34-36,38,41-44,48,52,72-73H,13-27,30-33H2,1-4H3,(H2,61,65)(H,63,74)/t36-,41?,42+,44?,48-,52+/m0/s1. The van der Waals surface area contributed by atoms with E-state index in [0.717, 1.165) is 92.9 Å². The number of anilines is 3. The number of nitrogen functional groups attached to an aromatic ring is 1. The number of para-hydroxylation sites is 1. The van der Waals surface area contributed by atoms with Crippen LogP contribution >= 0.6 is 11.3 Å². The van der Waals surface area contributed by atoms with Gasteiger partial charge in [-0.3, -0.25) is 14.5 Å². The van der Waals surface area contributed by atoms with E-state index in [2.05, 4.69) is 35.5 Å². The molecule has 5 N–H and O–H groups in total. The second-order valence-corrected chi connectivity index (χ2v) is 24.3. The summed E-state index contributed by atoms with van der Waals surface area (Å²) >= 11 is 1.59. The van der Waals surface area contributed by atoms with E-state index in [1.54, 1.807) is 35.6 Å². The molecule has 0 radical (unpaired) electrons. The van der Waals surface area contributed by atoms with Gasteiger partial charge in [0.2, 0.25) is 11.8 Å². The number of amides is 2. The first-order valence-corrected chi connectivity index (χ1v) is 29.2. The van der Waals surface area contributed by atoms with Crippen molar-refractivity contribution in [2.45, 2.75) is 140 Å². The predicted octanol–water partition coefficient (Wildman–Crippen LogP) is 7.62. The summed E-state index contributed by atoms with van der Waals surface area (Å²) in [6.07, 6.45) is 2.50. The van der Waals surface area contributed by atoms with Crippen molar-refractivity contribution in [2.24, 2.45) is 11.8 Å². The largest absolute Gasteiger partial charge is 0.507 e. The van der Waals surface area contributed by atoms with Crippen LogP contribution in [0.3, 0.4) is 0 Å². The summed E-state index contributed by atoms with van der Waals surface area (Å²) in [5.41, 5.74) is 11.8. The number of phenolic OH excluding ortho intramolecular Hbond substituents is 1. The number of carbonyl (C=O) groups is 2. The fraction of sp³-hybridized carbons (Fsp3) is 0.586. The number of aromatic hydroxyl groups is 1. The minimum atomic E-state index is -3.26. The molecule has 8 heterocycles. The molecule has 5 aliphatic heterocycles. The number of alkyl halides is 2. The summed E-state index contributed by atoms with van der Waals surface area (Å²) in [4.78, 5) is 44.0. The number of aromatic nitrogens is 4. The molecular weight excluding hydrogens is 1030 g/mol. The second-order valence-electron chi connectivity index (χ2n) is 23.5. The van der Waals surface area contributed by atoms with Crippen LogP contribution in [0.5, 0.6) is 5.75 Å². The van der Waals surface area contributed by atoms with Crippen molar-refractivity contribution in [3.63, 3.8) is 0 Å². The zero-order valence-electron chi connectivity index (χ0n) is 45.7.